The molecule has 0 saturated heterocycles. The number of anilines is 1. The monoisotopic (exact) mass is 299 g/mol. The van der Waals surface area contributed by atoms with Crippen LogP contribution in [0.3, 0.4) is 0 Å². The van der Waals surface area contributed by atoms with E-state index >= 15 is 0 Å². The third kappa shape index (κ3) is 2.74. The summed E-state index contributed by atoms with van der Waals surface area (Å²) in [5.41, 5.74) is 10.7. The van der Waals surface area contributed by atoms with E-state index in [1.807, 2.05) is 0 Å². The van der Waals surface area contributed by atoms with Gasteiger partial charge in [-0.05, 0) is 55.5 Å². The molecule has 110 valence electrons. The molecule has 3 rings (SSSR count). The highest BCUT2D eigenvalue weighted by molar-refractivity contribution is 7.10. The highest BCUT2D eigenvalue weighted by atomic mass is 32.1. The zero-order chi connectivity index (χ0) is 14.8. The van der Waals surface area contributed by atoms with E-state index in [2.05, 4.69) is 54.6 Å². The maximum atomic E-state index is 5.71. The molecule has 2 N–H and O–H groups in total. The molecular weight excluding hydrogens is 278 g/mol. The van der Waals surface area contributed by atoms with Gasteiger partial charge in [0.1, 0.15) is 0 Å². The molecule has 1 aliphatic rings. The molecule has 1 unspecified atom stereocenters. The molecule has 0 bridgehead atoms. The van der Waals surface area contributed by atoms with Crippen molar-refractivity contribution in [1.29, 1.82) is 0 Å². The van der Waals surface area contributed by atoms with Crippen molar-refractivity contribution < 1.29 is 0 Å². The molecule has 3 nitrogen and oxygen atoms in total. The first-order valence-corrected chi connectivity index (χ1v) is 8.24. The molecule has 0 spiro atoms. The summed E-state index contributed by atoms with van der Waals surface area (Å²) < 4.78 is 0. The van der Waals surface area contributed by atoms with Crippen LogP contribution in [0.5, 0.6) is 0 Å². The molecule has 2 heterocycles. The molecule has 1 aromatic heterocycles. The Morgan fingerprint density at radius 3 is 2.86 bits per heavy atom. The predicted octanol–water partition coefficient (Wildman–Crippen LogP) is 4.02. The number of hydrogen-bond donors (Lipinski definition) is 1. The predicted molar refractivity (Wildman–Crippen MR) is 91.2 cm³/mol. The Morgan fingerprint density at radius 1 is 1.29 bits per heavy atom. The minimum Gasteiger partial charge on any atom is -0.330 e. The first-order valence-electron chi connectivity index (χ1n) is 7.36. The minimum atomic E-state index is 0.312. The Bertz CT molecular complexity index is 646. The van der Waals surface area contributed by atoms with Crippen LogP contribution in [-0.2, 0) is 0 Å². The summed E-state index contributed by atoms with van der Waals surface area (Å²) in [5, 5.41) is 9.19. The van der Waals surface area contributed by atoms with E-state index in [1.165, 1.54) is 27.4 Å². The molecule has 0 saturated carbocycles. The molecule has 1 atom stereocenters. The highest BCUT2D eigenvalue weighted by Gasteiger charge is 2.30. The molecular formula is C17H21N3S. The number of aryl methyl sites for hydroxylation is 1. The van der Waals surface area contributed by atoms with Crippen LogP contribution in [0.4, 0.5) is 5.69 Å². The maximum absolute atomic E-state index is 5.71. The van der Waals surface area contributed by atoms with Gasteiger partial charge in [0.25, 0.3) is 0 Å². The van der Waals surface area contributed by atoms with Crippen LogP contribution in [0.2, 0.25) is 0 Å². The average molecular weight is 299 g/mol. The SMILES string of the molecule is Cc1cccc(N2N=C(CCN)CC2c2cccs2)c1C. The summed E-state index contributed by atoms with van der Waals surface area (Å²) >= 11 is 1.80. The number of thiophene rings is 1. The van der Waals surface area contributed by atoms with Gasteiger partial charge in [-0.15, -0.1) is 11.3 Å². The summed E-state index contributed by atoms with van der Waals surface area (Å²) in [4.78, 5) is 1.37. The third-order valence-electron chi connectivity index (χ3n) is 4.10. The van der Waals surface area contributed by atoms with E-state index in [0.717, 1.165) is 12.8 Å². The van der Waals surface area contributed by atoms with Crippen molar-refractivity contribution in [2.75, 3.05) is 11.6 Å². The van der Waals surface area contributed by atoms with Crippen LogP contribution in [0, 0.1) is 13.8 Å². The second kappa shape index (κ2) is 6.00. The number of hydrogen-bond acceptors (Lipinski definition) is 4. The van der Waals surface area contributed by atoms with E-state index in [1.54, 1.807) is 11.3 Å². The van der Waals surface area contributed by atoms with Crippen molar-refractivity contribution in [3.8, 4) is 0 Å². The Kier molecular flexibility index (Phi) is 4.08. The second-order valence-electron chi connectivity index (χ2n) is 5.50. The largest absolute Gasteiger partial charge is 0.330 e. The molecule has 1 aliphatic heterocycles. The fourth-order valence-electron chi connectivity index (χ4n) is 2.80. The van der Waals surface area contributed by atoms with Gasteiger partial charge < -0.3 is 5.73 Å². The molecule has 0 radical (unpaired) electrons. The number of hydrazone groups is 1. The molecule has 0 fully saturated rings. The Morgan fingerprint density at radius 2 is 2.14 bits per heavy atom. The van der Waals surface area contributed by atoms with Crippen LogP contribution < -0.4 is 10.7 Å². The highest BCUT2D eigenvalue weighted by Crippen LogP contribution is 2.39. The lowest BCUT2D eigenvalue weighted by atomic mass is 10.0. The molecule has 21 heavy (non-hydrogen) atoms. The van der Waals surface area contributed by atoms with E-state index in [9.17, 15) is 0 Å². The van der Waals surface area contributed by atoms with Crippen LogP contribution in [0.15, 0.2) is 40.8 Å². The van der Waals surface area contributed by atoms with Crippen molar-refractivity contribution in [3.05, 3.63) is 51.7 Å². The summed E-state index contributed by atoms with van der Waals surface area (Å²) in [5.74, 6) is 0. The van der Waals surface area contributed by atoms with Crippen LogP contribution >= 0.6 is 11.3 Å². The first kappa shape index (κ1) is 14.3. The maximum Gasteiger partial charge on any atom is 0.0920 e. The summed E-state index contributed by atoms with van der Waals surface area (Å²) in [6.07, 6.45) is 1.86. The summed E-state index contributed by atoms with van der Waals surface area (Å²) in [7, 11) is 0. The molecule has 0 aliphatic carbocycles. The Labute approximate surface area is 130 Å². The third-order valence-corrected chi connectivity index (χ3v) is 5.07. The van der Waals surface area contributed by atoms with Gasteiger partial charge in [0, 0.05) is 17.0 Å². The van der Waals surface area contributed by atoms with Gasteiger partial charge in [-0.2, -0.15) is 5.10 Å². The minimum absolute atomic E-state index is 0.312. The number of benzene rings is 1. The fourth-order valence-corrected chi connectivity index (χ4v) is 3.61. The lowest BCUT2D eigenvalue weighted by molar-refractivity contribution is 0.718. The van der Waals surface area contributed by atoms with Gasteiger partial charge in [0.05, 0.1) is 11.7 Å². The summed E-state index contributed by atoms with van der Waals surface area (Å²) in [6, 6.07) is 11.1. The van der Waals surface area contributed by atoms with E-state index in [-0.39, 0.29) is 0 Å². The van der Waals surface area contributed by atoms with Crippen molar-refractivity contribution in [2.24, 2.45) is 10.8 Å². The fraction of sp³-hybridized carbons (Fsp3) is 0.353. The smallest absolute Gasteiger partial charge is 0.0920 e. The van der Waals surface area contributed by atoms with Crippen molar-refractivity contribution in [2.45, 2.75) is 32.7 Å². The Hall–Kier alpha value is -1.65. The van der Waals surface area contributed by atoms with Gasteiger partial charge in [0.2, 0.25) is 0 Å². The van der Waals surface area contributed by atoms with Gasteiger partial charge >= 0.3 is 0 Å². The van der Waals surface area contributed by atoms with Crippen LogP contribution in [0.25, 0.3) is 0 Å². The van der Waals surface area contributed by atoms with E-state index in [0.29, 0.717) is 12.6 Å². The number of nitrogens with two attached hydrogens (primary N) is 1. The van der Waals surface area contributed by atoms with Gasteiger partial charge in [0.15, 0.2) is 0 Å². The van der Waals surface area contributed by atoms with Crippen LogP contribution in [0.1, 0.15) is 34.9 Å². The second-order valence-corrected chi connectivity index (χ2v) is 6.48. The summed E-state index contributed by atoms with van der Waals surface area (Å²) in [6.45, 7) is 4.99. The zero-order valence-electron chi connectivity index (χ0n) is 12.5. The lowest BCUT2D eigenvalue weighted by Gasteiger charge is -2.25. The molecule has 1 aromatic carbocycles. The molecule has 0 amide bonds. The number of nitrogens with zero attached hydrogens (tertiary/aromatic N) is 2. The topological polar surface area (TPSA) is 41.6 Å². The van der Waals surface area contributed by atoms with Crippen molar-refractivity contribution >= 4 is 22.7 Å². The van der Waals surface area contributed by atoms with Gasteiger partial charge in [-0.1, -0.05) is 18.2 Å². The van der Waals surface area contributed by atoms with Gasteiger partial charge in [-0.3, -0.25) is 5.01 Å². The molecule has 2 aromatic rings. The normalized spacial score (nSPS) is 18.1. The van der Waals surface area contributed by atoms with Crippen molar-refractivity contribution in [3.63, 3.8) is 0 Å². The molecule has 4 heteroatoms. The van der Waals surface area contributed by atoms with Gasteiger partial charge in [-0.25, -0.2) is 0 Å². The Balaban J connectivity index is 2.00. The quantitative estimate of drug-likeness (QED) is 0.926. The number of rotatable bonds is 4. The van der Waals surface area contributed by atoms with Crippen LogP contribution in [-0.4, -0.2) is 12.3 Å². The lowest BCUT2D eigenvalue weighted by Crippen LogP contribution is -2.18. The van der Waals surface area contributed by atoms with E-state index in [4.69, 9.17) is 10.8 Å². The average Bonchev–Trinajstić information content (AvgIpc) is 3.11. The standard InChI is InChI=1S/C17H21N3S/c1-12-5-3-6-15(13(12)2)20-16(17-7-4-10-21-17)11-14(19-20)8-9-18/h3-7,10,16H,8-9,11,18H2,1-2H3. The van der Waals surface area contributed by atoms with Crippen molar-refractivity contribution in [1.82, 2.24) is 0 Å². The zero-order valence-corrected chi connectivity index (χ0v) is 13.4. The van der Waals surface area contributed by atoms with E-state index < -0.39 is 0 Å². The first-order chi connectivity index (χ1) is 10.2.